The predicted molar refractivity (Wildman–Crippen MR) is 81.9 cm³/mol. The number of aromatic nitrogens is 1. The first-order valence-electron chi connectivity index (χ1n) is 6.77. The Kier molecular flexibility index (Phi) is 4.90. The number of para-hydroxylation sites is 1. The van der Waals surface area contributed by atoms with Crippen LogP contribution in [-0.4, -0.2) is 17.9 Å². The molecule has 0 saturated heterocycles. The Morgan fingerprint density at radius 2 is 2.10 bits per heavy atom. The number of nitrogens with zero attached hydrogens (tertiary/aromatic N) is 1. The molecule has 1 aromatic carbocycles. The van der Waals surface area contributed by atoms with E-state index in [0.29, 0.717) is 6.42 Å². The minimum absolute atomic E-state index is 0.109. The first kappa shape index (κ1) is 14.7. The topological polar surface area (TPSA) is 39.2 Å². The van der Waals surface area contributed by atoms with Gasteiger partial charge in [0.1, 0.15) is 5.75 Å². The van der Waals surface area contributed by atoms with E-state index < -0.39 is 0 Å². The summed E-state index contributed by atoms with van der Waals surface area (Å²) in [6, 6.07) is 7.92. The fourth-order valence-electron chi connectivity index (χ4n) is 2.17. The minimum Gasteiger partial charge on any atom is -0.496 e. The standard InChI is InChI=1S/C16H19NO2S/c1-4-7-13-16(11(2)18)20-15(17-13)10-12-8-5-6-9-14(12)19-3/h5-6,8-9H,4,7,10H2,1-3H3. The van der Waals surface area contributed by atoms with Gasteiger partial charge in [-0.3, -0.25) is 4.79 Å². The zero-order chi connectivity index (χ0) is 14.5. The van der Waals surface area contributed by atoms with Crippen molar-refractivity contribution in [3.05, 3.63) is 45.4 Å². The lowest BCUT2D eigenvalue weighted by Gasteiger charge is -2.05. The molecule has 1 heterocycles. The van der Waals surface area contributed by atoms with Gasteiger partial charge in [-0.1, -0.05) is 31.5 Å². The Bertz CT molecular complexity index is 604. The second kappa shape index (κ2) is 6.66. The summed E-state index contributed by atoms with van der Waals surface area (Å²) in [6.07, 6.45) is 2.56. The second-order valence-electron chi connectivity index (χ2n) is 4.68. The first-order chi connectivity index (χ1) is 9.65. The molecule has 20 heavy (non-hydrogen) atoms. The lowest BCUT2D eigenvalue weighted by Crippen LogP contribution is -1.96. The molecule has 0 unspecified atom stereocenters. The minimum atomic E-state index is 0.109. The summed E-state index contributed by atoms with van der Waals surface area (Å²) < 4.78 is 5.36. The second-order valence-corrected chi connectivity index (χ2v) is 5.76. The number of hydrogen-bond acceptors (Lipinski definition) is 4. The van der Waals surface area contributed by atoms with Crippen molar-refractivity contribution in [1.82, 2.24) is 4.98 Å². The number of ether oxygens (including phenoxy) is 1. The highest BCUT2D eigenvalue weighted by Crippen LogP contribution is 2.26. The molecule has 0 aliphatic carbocycles. The van der Waals surface area contributed by atoms with Crippen LogP contribution < -0.4 is 4.74 Å². The van der Waals surface area contributed by atoms with Crippen LogP contribution in [0.15, 0.2) is 24.3 Å². The van der Waals surface area contributed by atoms with Gasteiger partial charge in [-0.2, -0.15) is 0 Å². The van der Waals surface area contributed by atoms with Crippen molar-refractivity contribution >= 4 is 17.1 Å². The number of benzene rings is 1. The van der Waals surface area contributed by atoms with Crippen LogP contribution in [-0.2, 0) is 12.8 Å². The molecule has 4 heteroatoms. The number of carbonyl (C=O) groups is 1. The van der Waals surface area contributed by atoms with Crippen LogP contribution in [0.25, 0.3) is 0 Å². The third-order valence-corrected chi connectivity index (χ3v) is 4.28. The maximum absolute atomic E-state index is 11.7. The van der Waals surface area contributed by atoms with Gasteiger partial charge in [0.25, 0.3) is 0 Å². The van der Waals surface area contributed by atoms with Crippen molar-refractivity contribution in [2.24, 2.45) is 0 Å². The Morgan fingerprint density at radius 3 is 2.75 bits per heavy atom. The molecule has 0 radical (unpaired) electrons. The Labute approximate surface area is 123 Å². The predicted octanol–water partition coefficient (Wildman–Crippen LogP) is 3.90. The number of hydrogen-bond donors (Lipinski definition) is 0. The maximum Gasteiger partial charge on any atom is 0.171 e. The Hall–Kier alpha value is -1.68. The number of aryl methyl sites for hydroxylation is 1. The highest BCUT2D eigenvalue weighted by molar-refractivity contribution is 7.13. The van der Waals surface area contributed by atoms with E-state index >= 15 is 0 Å². The normalized spacial score (nSPS) is 10.6. The molecule has 0 aliphatic rings. The third-order valence-electron chi connectivity index (χ3n) is 3.08. The third kappa shape index (κ3) is 3.25. The number of rotatable bonds is 6. The zero-order valence-corrected chi connectivity index (χ0v) is 12.9. The summed E-state index contributed by atoms with van der Waals surface area (Å²) >= 11 is 1.51. The molecule has 2 aromatic rings. The van der Waals surface area contributed by atoms with E-state index in [4.69, 9.17) is 4.74 Å². The monoisotopic (exact) mass is 289 g/mol. The van der Waals surface area contributed by atoms with Crippen molar-refractivity contribution in [2.75, 3.05) is 7.11 Å². The molecule has 1 aromatic heterocycles. The van der Waals surface area contributed by atoms with Crippen molar-refractivity contribution in [3.8, 4) is 5.75 Å². The van der Waals surface area contributed by atoms with Crippen LogP contribution in [0.3, 0.4) is 0 Å². The van der Waals surface area contributed by atoms with E-state index in [1.807, 2.05) is 24.3 Å². The highest BCUT2D eigenvalue weighted by Gasteiger charge is 2.15. The molecule has 2 rings (SSSR count). The Balaban J connectivity index is 2.29. The van der Waals surface area contributed by atoms with Gasteiger partial charge in [-0.05, 0) is 12.5 Å². The molecule has 0 atom stereocenters. The van der Waals surface area contributed by atoms with Crippen LogP contribution in [0.1, 0.15) is 46.2 Å². The van der Waals surface area contributed by atoms with Gasteiger partial charge in [-0.25, -0.2) is 4.98 Å². The summed E-state index contributed by atoms with van der Waals surface area (Å²) in [5.41, 5.74) is 2.04. The lowest BCUT2D eigenvalue weighted by molar-refractivity contribution is 0.102. The van der Waals surface area contributed by atoms with E-state index in [1.54, 1.807) is 14.0 Å². The van der Waals surface area contributed by atoms with Gasteiger partial charge < -0.3 is 4.74 Å². The summed E-state index contributed by atoms with van der Waals surface area (Å²) in [5.74, 6) is 0.973. The van der Waals surface area contributed by atoms with Gasteiger partial charge in [0.15, 0.2) is 5.78 Å². The smallest absolute Gasteiger partial charge is 0.171 e. The number of thiazole rings is 1. The summed E-state index contributed by atoms with van der Waals surface area (Å²) in [5, 5.41) is 0.975. The largest absolute Gasteiger partial charge is 0.496 e. The van der Waals surface area contributed by atoms with Crippen LogP contribution in [0.2, 0.25) is 0 Å². The van der Waals surface area contributed by atoms with Crippen molar-refractivity contribution in [1.29, 1.82) is 0 Å². The number of Topliss-reactive ketones (excluding diaryl/α,β-unsaturated/α-hetero) is 1. The average molecular weight is 289 g/mol. The van der Waals surface area contributed by atoms with Crippen LogP contribution in [0, 0.1) is 0 Å². The van der Waals surface area contributed by atoms with E-state index in [1.165, 1.54) is 11.3 Å². The number of ketones is 1. The number of methoxy groups -OCH3 is 1. The van der Waals surface area contributed by atoms with E-state index in [-0.39, 0.29) is 5.78 Å². The summed E-state index contributed by atoms with van der Waals surface area (Å²) in [6.45, 7) is 3.71. The maximum atomic E-state index is 11.7. The molecule has 0 N–H and O–H groups in total. The summed E-state index contributed by atoms with van der Waals surface area (Å²) in [7, 11) is 1.67. The molecule has 3 nitrogen and oxygen atoms in total. The molecule has 0 fully saturated rings. The van der Waals surface area contributed by atoms with Gasteiger partial charge in [-0.15, -0.1) is 11.3 Å². The molecule has 0 aliphatic heterocycles. The fraction of sp³-hybridized carbons (Fsp3) is 0.375. The van der Waals surface area contributed by atoms with Gasteiger partial charge in [0.2, 0.25) is 0 Å². The van der Waals surface area contributed by atoms with Gasteiger partial charge >= 0.3 is 0 Å². The average Bonchev–Trinajstić information content (AvgIpc) is 2.83. The van der Waals surface area contributed by atoms with Crippen LogP contribution in [0.4, 0.5) is 0 Å². The van der Waals surface area contributed by atoms with Crippen molar-refractivity contribution < 1.29 is 9.53 Å². The van der Waals surface area contributed by atoms with Gasteiger partial charge in [0.05, 0.1) is 22.7 Å². The fourth-order valence-corrected chi connectivity index (χ4v) is 3.20. The molecular formula is C16H19NO2S. The quantitative estimate of drug-likeness (QED) is 0.757. The molecule has 0 bridgehead atoms. The molecule has 0 amide bonds. The summed E-state index contributed by atoms with van der Waals surface area (Å²) in [4.78, 5) is 17.1. The van der Waals surface area contributed by atoms with Crippen molar-refractivity contribution in [3.63, 3.8) is 0 Å². The van der Waals surface area contributed by atoms with E-state index in [9.17, 15) is 4.79 Å². The zero-order valence-electron chi connectivity index (χ0n) is 12.1. The van der Waals surface area contributed by atoms with Crippen molar-refractivity contribution in [2.45, 2.75) is 33.1 Å². The molecule has 0 spiro atoms. The van der Waals surface area contributed by atoms with E-state index in [2.05, 4.69) is 11.9 Å². The Morgan fingerprint density at radius 1 is 1.35 bits per heavy atom. The molecule has 106 valence electrons. The van der Waals surface area contributed by atoms with Crippen LogP contribution in [0.5, 0.6) is 5.75 Å². The SMILES string of the molecule is CCCc1nc(Cc2ccccc2OC)sc1C(C)=O. The van der Waals surface area contributed by atoms with E-state index in [0.717, 1.165) is 39.7 Å². The van der Waals surface area contributed by atoms with Gasteiger partial charge in [0, 0.05) is 18.9 Å². The number of carbonyl (C=O) groups excluding carboxylic acids is 1. The lowest BCUT2D eigenvalue weighted by atomic mass is 10.1. The first-order valence-corrected chi connectivity index (χ1v) is 7.58. The highest BCUT2D eigenvalue weighted by atomic mass is 32.1. The molecular weight excluding hydrogens is 270 g/mol. The molecule has 0 saturated carbocycles. The van der Waals surface area contributed by atoms with Crippen LogP contribution >= 0.6 is 11.3 Å².